The number of benzene rings is 1. The van der Waals surface area contributed by atoms with Crippen LogP contribution in [0.1, 0.15) is 17.3 Å². The molecule has 0 aliphatic rings. The van der Waals surface area contributed by atoms with Gasteiger partial charge < -0.3 is 0 Å². The summed E-state index contributed by atoms with van der Waals surface area (Å²) in [6.45, 7) is 1.45. The molecule has 140 valence electrons. The van der Waals surface area contributed by atoms with Crippen LogP contribution >= 0.6 is 11.3 Å². The zero-order valence-corrected chi connectivity index (χ0v) is 16.1. The first-order valence-electron chi connectivity index (χ1n) is 8.09. The first-order valence-corrected chi connectivity index (χ1v) is 10.5. The number of hydrogen-bond donors (Lipinski definition) is 1. The van der Waals surface area contributed by atoms with Crippen molar-refractivity contribution in [1.29, 1.82) is 0 Å². The number of sulfonamides is 1. The molecule has 1 N–H and O–H groups in total. The largest absolute Gasteiger partial charge is 0.295 e. The molecular weight excluding hydrogens is 386 g/mol. The fourth-order valence-corrected chi connectivity index (χ4v) is 4.17. The van der Waals surface area contributed by atoms with Gasteiger partial charge in [0.2, 0.25) is 10.0 Å². The van der Waals surface area contributed by atoms with E-state index < -0.39 is 10.0 Å². The predicted molar refractivity (Wildman–Crippen MR) is 103 cm³/mol. The Morgan fingerprint density at radius 2 is 2.00 bits per heavy atom. The van der Waals surface area contributed by atoms with Crippen LogP contribution < -0.4 is 10.3 Å². The highest BCUT2D eigenvalue weighted by molar-refractivity contribution is 7.89. The van der Waals surface area contributed by atoms with Crippen molar-refractivity contribution in [3.63, 3.8) is 0 Å². The number of nitrogens with one attached hydrogen (secondary N) is 1. The van der Waals surface area contributed by atoms with Gasteiger partial charge in [-0.25, -0.2) is 17.8 Å². The highest BCUT2D eigenvalue weighted by atomic mass is 32.2. The number of Topliss-reactive ketones (excluding diaryl/α,β-unsaturated/α-hetero) is 1. The van der Waals surface area contributed by atoms with E-state index in [1.54, 1.807) is 12.1 Å². The van der Waals surface area contributed by atoms with Crippen LogP contribution in [0.5, 0.6) is 0 Å². The van der Waals surface area contributed by atoms with E-state index in [1.165, 1.54) is 47.2 Å². The molecule has 0 saturated carbocycles. The van der Waals surface area contributed by atoms with Crippen molar-refractivity contribution in [3.8, 4) is 10.6 Å². The maximum atomic E-state index is 12.4. The lowest BCUT2D eigenvalue weighted by atomic mass is 10.2. The molecule has 3 aromatic rings. The minimum atomic E-state index is -3.80. The van der Waals surface area contributed by atoms with Crippen LogP contribution in [0.3, 0.4) is 0 Å². The molecule has 0 radical (unpaired) electrons. The van der Waals surface area contributed by atoms with Crippen LogP contribution in [-0.4, -0.2) is 30.5 Å². The topological polar surface area (TPSA) is 98.1 Å². The van der Waals surface area contributed by atoms with Crippen LogP contribution in [0.25, 0.3) is 10.6 Å². The maximum absolute atomic E-state index is 12.4. The zero-order chi connectivity index (χ0) is 19.4. The molecule has 9 heteroatoms. The van der Waals surface area contributed by atoms with Gasteiger partial charge in [0, 0.05) is 18.2 Å². The molecule has 3 rings (SSSR count). The van der Waals surface area contributed by atoms with Gasteiger partial charge in [0.05, 0.1) is 16.3 Å². The molecule has 2 heterocycles. The first-order chi connectivity index (χ1) is 12.9. The second-order valence-corrected chi connectivity index (χ2v) is 8.45. The Hall–Kier alpha value is -2.62. The van der Waals surface area contributed by atoms with Gasteiger partial charge in [0.1, 0.15) is 5.69 Å². The highest BCUT2D eigenvalue weighted by Gasteiger charge is 2.15. The van der Waals surface area contributed by atoms with Crippen molar-refractivity contribution in [2.45, 2.75) is 18.4 Å². The molecule has 0 fully saturated rings. The van der Waals surface area contributed by atoms with Crippen LogP contribution in [0.4, 0.5) is 0 Å². The third kappa shape index (κ3) is 4.57. The predicted octanol–water partition coefficient (Wildman–Crippen LogP) is 2.15. The van der Waals surface area contributed by atoms with E-state index in [9.17, 15) is 18.0 Å². The second kappa shape index (κ2) is 7.95. The molecule has 0 aliphatic heterocycles. The van der Waals surface area contributed by atoms with Gasteiger partial charge in [-0.15, -0.1) is 11.3 Å². The molecular formula is C18H17N3O4S2. The molecule has 2 aromatic heterocycles. The number of thiophene rings is 1. The summed E-state index contributed by atoms with van der Waals surface area (Å²) in [6, 6.07) is 12.6. The molecule has 7 nitrogen and oxygen atoms in total. The summed E-state index contributed by atoms with van der Waals surface area (Å²) in [5.41, 5.74) is 0.661. The lowest BCUT2D eigenvalue weighted by molar-refractivity contribution is 0.101. The third-order valence-electron chi connectivity index (χ3n) is 3.81. The molecule has 1 aromatic carbocycles. The Bertz CT molecular complexity index is 1120. The Morgan fingerprint density at radius 3 is 2.70 bits per heavy atom. The summed E-state index contributed by atoms with van der Waals surface area (Å²) < 4.78 is 28.5. The van der Waals surface area contributed by atoms with E-state index in [0.717, 1.165) is 4.88 Å². The number of hydrogen-bond acceptors (Lipinski definition) is 6. The van der Waals surface area contributed by atoms with Crippen molar-refractivity contribution in [1.82, 2.24) is 14.5 Å². The summed E-state index contributed by atoms with van der Waals surface area (Å²) >= 11 is 1.50. The first kappa shape index (κ1) is 19.2. The number of ketones is 1. The molecule has 0 spiro atoms. The van der Waals surface area contributed by atoms with E-state index in [-0.39, 0.29) is 29.3 Å². The molecule has 0 atom stereocenters. The smallest absolute Gasteiger partial charge is 0.266 e. The van der Waals surface area contributed by atoms with Crippen LogP contribution in [0.2, 0.25) is 0 Å². The van der Waals surface area contributed by atoms with Crippen molar-refractivity contribution in [3.05, 3.63) is 69.8 Å². The Kier molecular flexibility index (Phi) is 5.64. The fraction of sp³-hybridized carbons (Fsp3) is 0.167. The number of nitrogens with zero attached hydrogens (tertiary/aromatic N) is 2. The molecule has 0 unspecified atom stereocenters. The third-order valence-corrected chi connectivity index (χ3v) is 6.16. The van der Waals surface area contributed by atoms with E-state index in [0.29, 0.717) is 11.3 Å². The summed E-state index contributed by atoms with van der Waals surface area (Å²) in [7, 11) is -3.80. The van der Waals surface area contributed by atoms with Gasteiger partial charge in [0.15, 0.2) is 5.78 Å². The normalized spacial score (nSPS) is 11.4. The quantitative estimate of drug-likeness (QED) is 0.610. The summed E-state index contributed by atoms with van der Waals surface area (Å²) in [5.74, 6) is -0.215. The van der Waals surface area contributed by atoms with Crippen molar-refractivity contribution in [2.75, 3.05) is 6.54 Å². The number of aromatic nitrogens is 2. The summed E-state index contributed by atoms with van der Waals surface area (Å²) in [4.78, 5) is 24.3. The summed E-state index contributed by atoms with van der Waals surface area (Å²) in [6.07, 6.45) is 0. The van der Waals surface area contributed by atoms with E-state index >= 15 is 0 Å². The second-order valence-electron chi connectivity index (χ2n) is 5.74. The van der Waals surface area contributed by atoms with E-state index in [1.807, 2.05) is 17.5 Å². The highest BCUT2D eigenvalue weighted by Crippen LogP contribution is 2.21. The Balaban J connectivity index is 1.72. The standard InChI is InChI=1S/C18H17N3O4S2/c1-13(22)14-4-2-5-15(12-14)27(24,25)19-9-10-21-18(23)8-7-16(20-21)17-6-3-11-26-17/h2-8,11-12,19H,9-10H2,1H3. The average Bonchev–Trinajstić information content (AvgIpc) is 3.18. The van der Waals surface area contributed by atoms with E-state index in [4.69, 9.17) is 0 Å². The average molecular weight is 403 g/mol. The van der Waals surface area contributed by atoms with Crippen LogP contribution in [0, 0.1) is 0 Å². The van der Waals surface area contributed by atoms with Gasteiger partial charge in [0.25, 0.3) is 5.56 Å². The number of carbonyl (C=O) groups is 1. The van der Waals surface area contributed by atoms with E-state index in [2.05, 4.69) is 9.82 Å². The Labute approximate surface area is 160 Å². The van der Waals surface area contributed by atoms with Crippen LogP contribution in [-0.2, 0) is 16.6 Å². The fourth-order valence-electron chi connectivity index (χ4n) is 2.42. The monoisotopic (exact) mass is 403 g/mol. The maximum Gasteiger partial charge on any atom is 0.266 e. The SMILES string of the molecule is CC(=O)c1cccc(S(=O)(=O)NCCn2nc(-c3cccs3)ccc2=O)c1. The summed E-state index contributed by atoms with van der Waals surface area (Å²) in [5, 5.41) is 6.19. The lowest BCUT2D eigenvalue weighted by Gasteiger charge is -2.09. The van der Waals surface area contributed by atoms with Crippen LogP contribution in [0.15, 0.2) is 63.6 Å². The number of carbonyl (C=O) groups excluding carboxylic acids is 1. The van der Waals surface area contributed by atoms with Gasteiger partial charge in [-0.2, -0.15) is 5.10 Å². The molecule has 0 bridgehead atoms. The van der Waals surface area contributed by atoms with Gasteiger partial charge >= 0.3 is 0 Å². The zero-order valence-electron chi connectivity index (χ0n) is 14.5. The van der Waals surface area contributed by atoms with Gasteiger partial charge in [-0.1, -0.05) is 18.2 Å². The van der Waals surface area contributed by atoms with Crippen molar-refractivity contribution >= 4 is 27.1 Å². The Morgan fingerprint density at radius 1 is 1.19 bits per heavy atom. The number of rotatable bonds is 7. The van der Waals surface area contributed by atoms with Gasteiger partial charge in [-0.3, -0.25) is 9.59 Å². The lowest BCUT2D eigenvalue weighted by Crippen LogP contribution is -2.32. The minimum Gasteiger partial charge on any atom is -0.295 e. The van der Waals surface area contributed by atoms with Crippen molar-refractivity contribution < 1.29 is 13.2 Å². The molecule has 27 heavy (non-hydrogen) atoms. The minimum absolute atomic E-state index is 0.00263. The van der Waals surface area contributed by atoms with Gasteiger partial charge in [-0.05, 0) is 36.6 Å². The molecule has 0 saturated heterocycles. The van der Waals surface area contributed by atoms with Crippen molar-refractivity contribution in [2.24, 2.45) is 0 Å². The molecule has 0 aliphatic carbocycles. The molecule has 0 amide bonds.